The highest BCUT2D eigenvalue weighted by Crippen LogP contribution is 2.32. The standard InChI is InChI=1S/C19H17ClFNO3/c1-24-19(23)15-9-17-18(10-16(15)21)25-11-13-5-6-14(20)8-12(13)4-2-3-7-22-17/h5-10H,2-4,11H2,1H3. The molecule has 25 heavy (non-hydrogen) atoms. The van der Waals surface area contributed by atoms with Crippen molar-refractivity contribution in [3.8, 4) is 5.75 Å². The molecule has 0 aromatic heterocycles. The van der Waals surface area contributed by atoms with Crippen LogP contribution in [0.15, 0.2) is 35.3 Å². The number of ether oxygens (including phenoxy) is 2. The average molecular weight is 362 g/mol. The average Bonchev–Trinajstić information content (AvgIpc) is 2.64. The summed E-state index contributed by atoms with van der Waals surface area (Å²) in [6.45, 7) is 0.270. The van der Waals surface area contributed by atoms with Gasteiger partial charge in [0.2, 0.25) is 0 Å². The van der Waals surface area contributed by atoms with E-state index in [-0.39, 0.29) is 17.9 Å². The van der Waals surface area contributed by atoms with Gasteiger partial charge < -0.3 is 9.47 Å². The van der Waals surface area contributed by atoms with Gasteiger partial charge in [0.1, 0.15) is 23.9 Å². The van der Waals surface area contributed by atoms with Crippen LogP contribution >= 0.6 is 11.6 Å². The molecule has 0 atom stereocenters. The van der Waals surface area contributed by atoms with Crippen molar-refractivity contribution in [1.29, 1.82) is 0 Å². The van der Waals surface area contributed by atoms with Gasteiger partial charge >= 0.3 is 5.97 Å². The van der Waals surface area contributed by atoms with Crippen molar-refractivity contribution in [2.24, 2.45) is 4.99 Å². The molecule has 0 saturated heterocycles. The number of hydrogen-bond donors (Lipinski definition) is 0. The molecule has 0 fully saturated rings. The van der Waals surface area contributed by atoms with Crippen LogP contribution in [-0.2, 0) is 17.8 Å². The molecule has 6 heteroatoms. The Hall–Kier alpha value is -2.40. The Kier molecular flexibility index (Phi) is 5.34. The van der Waals surface area contributed by atoms with E-state index in [0.717, 1.165) is 30.4 Å². The Morgan fingerprint density at radius 2 is 2.12 bits per heavy atom. The van der Waals surface area contributed by atoms with E-state index < -0.39 is 11.8 Å². The van der Waals surface area contributed by atoms with E-state index in [4.69, 9.17) is 16.3 Å². The van der Waals surface area contributed by atoms with Crippen molar-refractivity contribution >= 4 is 29.5 Å². The predicted octanol–water partition coefficient (Wildman–Crippen LogP) is 4.88. The largest absolute Gasteiger partial charge is 0.487 e. The third kappa shape index (κ3) is 3.99. The number of esters is 1. The number of carbonyl (C=O) groups is 1. The SMILES string of the molecule is COC(=O)c1cc2c(cc1F)OCc1ccc(Cl)cc1CCCC=N2. The fourth-order valence-corrected chi connectivity index (χ4v) is 2.89. The minimum atomic E-state index is -0.746. The maximum absolute atomic E-state index is 14.2. The third-order valence-electron chi connectivity index (χ3n) is 4.02. The number of methoxy groups -OCH3 is 1. The first-order chi connectivity index (χ1) is 12.1. The maximum Gasteiger partial charge on any atom is 0.340 e. The number of rotatable bonds is 1. The van der Waals surface area contributed by atoms with Gasteiger partial charge in [-0.2, -0.15) is 0 Å². The van der Waals surface area contributed by atoms with Gasteiger partial charge in [0.05, 0.1) is 12.7 Å². The zero-order valence-electron chi connectivity index (χ0n) is 13.7. The molecule has 0 unspecified atom stereocenters. The summed E-state index contributed by atoms with van der Waals surface area (Å²) in [5, 5.41) is 0.677. The Morgan fingerprint density at radius 3 is 2.92 bits per heavy atom. The van der Waals surface area contributed by atoms with Gasteiger partial charge in [-0.05, 0) is 48.6 Å². The summed E-state index contributed by atoms with van der Waals surface area (Å²) in [4.78, 5) is 16.0. The number of hydrogen-bond acceptors (Lipinski definition) is 4. The van der Waals surface area contributed by atoms with Crippen molar-refractivity contribution < 1.29 is 18.7 Å². The van der Waals surface area contributed by atoms with Crippen LogP contribution in [0.5, 0.6) is 5.75 Å². The molecule has 1 aliphatic rings. The predicted molar refractivity (Wildman–Crippen MR) is 94.6 cm³/mol. The first-order valence-corrected chi connectivity index (χ1v) is 8.31. The molecule has 0 amide bonds. The fourth-order valence-electron chi connectivity index (χ4n) is 2.70. The van der Waals surface area contributed by atoms with E-state index in [0.29, 0.717) is 10.7 Å². The molecule has 0 N–H and O–H groups in total. The van der Waals surface area contributed by atoms with Crippen LogP contribution in [0.3, 0.4) is 0 Å². The number of fused-ring (bicyclic) bond motifs is 2. The topological polar surface area (TPSA) is 47.9 Å². The Labute approximate surface area is 150 Å². The number of aryl methyl sites for hydroxylation is 1. The third-order valence-corrected chi connectivity index (χ3v) is 4.25. The minimum absolute atomic E-state index is 0.163. The van der Waals surface area contributed by atoms with E-state index in [1.165, 1.54) is 19.2 Å². The number of carbonyl (C=O) groups excluding carboxylic acids is 1. The van der Waals surface area contributed by atoms with Gasteiger partial charge in [0.25, 0.3) is 0 Å². The zero-order valence-corrected chi connectivity index (χ0v) is 14.5. The second-order valence-electron chi connectivity index (χ2n) is 5.70. The quantitative estimate of drug-likeness (QED) is 0.680. The molecule has 2 aromatic rings. The lowest BCUT2D eigenvalue weighted by Gasteiger charge is -2.13. The molecule has 3 rings (SSSR count). The van der Waals surface area contributed by atoms with Crippen LogP contribution in [0.25, 0.3) is 0 Å². The van der Waals surface area contributed by atoms with E-state index in [1.807, 2.05) is 18.2 Å². The van der Waals surface area contributed by atoms with Crippen molar-refractivity contribution in [2.45, 2.75) is 25.9 Å². The second kappa shape index (κ2) is 7.66. The highest BCUT2D eigenvalue weighted by atomic mass is 35.5. The first-order valence-electron chi connectivity index (χ1n) is 7.93. The van der Waals surface area contributed by atoms with Crippen molar-refractivity contribution in [3.05, 3.63) is 57.9 Å². The van der Waals surface area contributed by atoms with E-state index in [2.05, 4.69) is 9.73 Å². The Bertz CT molecular complexity index is 836. The zero-order chi connectivity index (χ0) is 17.8. The lowest BCUT2D eigenvalue weighted by atomic mass is 10.0. The number of halogens is 2. The van der Waals surface area contributed by atoms with Gasteiger partial charge in [-0.1, -0.05) is 17.7 Å². The van der Waals surface area contributed by atoms with Crippen molar-refractivity contribution in [3.63, 3.8) is 0 Å². The molecular weight excluding hydrogens is 345 g/mol. The van der Waals surface area contributed by atoms with Crippen LogP contribution in [0.1, 0.15) is 34.3 Å². The molecule has 1 heterocycles. The van der Waals surface area contributed by atoms with E-state index >= 15 is 0 Å². The maximum atomic E-state index is 14.2. The van der Waals surface area contributed by atoms with Crippen molar-refractivity contribution in [2.75, 3.05) is 7.11 Å². The molecule has 130 valence electrons. The lowest BCUT2D eigenvalue weighted by molar-refractivity contribution is 0.0595. The number of nitrogens with zero attached hydrogens (tertiary/aromatic N) is 1. The molecule has 0 radical (unpaired) electrons. The summed E-state index contributed by atoms with van der Waals surface area (Å²) >= 11 is 6.08. The molecule has 2 aromatic carbocycles. The summed E-state index contributed by atoms with van der Waals surface area (Å²) in [5.74, 6) is -1.17. The Morgan fingerprint density at radius 1 is 1.28 bits per heavy atom. The number of aliphatic imine (C=N–C) groups is 1. The van der Waals surface area contributed by atoms with Gasteiger partial charge in [-0.25, -0.2) is 9.18 Å². The molecule has 0 bridgehead atoms. The van der Waals surface area contributed by atoms with Crippen LogP contribution in [-0.4, -0.2) is 19.3 Å². The monoisotopic (exact) mass is 361 g/mol. The summed E-state index contributed by atoms with van der Waals surface area (Å²) in [6, 6.07) is 8.17. The smallest absolute Gasteiger partial charge is 0.340 e. The van der Waals surface area contributed by atoms with Crippen LogP contribution < -0.4 is 4.74 Å². The Balaban J connectivity index is 1.99. The molecule has 4 nitrogen and oxygen atoms in total. The molecule has 0 aliphatic carbocycles. The van der Waals surface area contributed by atoms with Crippen LogP contribution in [0.2, 0.25) is 5.02 Å². The van der Waals surface area contributed by atoms with E-state index in [1.54, 1.807) is 6.21 Å². The van der Waals surface area contributed by atoms with Crippen LogP contribution in [0, 0.1) is 5.82 Å². The molecular formula is C19H17ClFNO3. The molecule has 0 saturated carbocycles. The van der Waals surface area contributed by atoms with Crippen LogP contribution in [0.4, 0.5) is 10.1 Å². The summed E-state index contributed by atoms with van der Waals surface area (Å²) in [6.07, 6.45) is 4.24. The van der Waals surface area contributed by atoms with Gasteiger partial charge in [0.15, 0.2) is 0 Å². The number of benzene rings is 2. The summed E-state index contributed by atoms with van der Waals surface area (Å²) < 4.78 is 24.6. The fraction of sp³-hybridized carbons (Fsp3) is 0.263. The summed E-state index contributed by atoms with van der Waals surface area (Å²) in [7, 11) is 1.21. The van der Waals surface area contributed by atoms with Gasteiger partial charge in [0, 0.05) is 17.3 Å². The van der Waals surface area contributed by atoms with Gasteiger partial charge in [-0.15, -0.1) is 0 Å². The highest BCUT2D eigenvalue weighted by Gasteiger charge is 2.18. The normalized spacial score (nSPS) is 13.9. The first kappa shape index (κ1) is 17.4. The minimum Gasteiger partial charge on any atom is -0.487 e. The lowest BCUT2D eigenvalue weighted by Crippen LogP contribution is -2.06. The van der Waals surface area contributed by atoms with E-state index in [9.17, 15) is 9.18 Å². The van der Waals surface area contributed by atoms with Gasteiger partial charge in [-0.3, -0.25) is 4.99 Å². The summed E-state index contributed by atoms with van der Waals surface area (Å²) in [5.41, 5.74) is 2.34. The molecule has 1 aliphatic heterocycles. The van der Waals surface area contributed by atoms with Crippen molar-refractivity contribution in [1.82, 2.24) is 0 Å². The second-order valence-corrected chi connectivity index (χ2v) is 6.13. The highest BCUT2D eigenvalue weighted by molar-refractivity contribution is 6.30. The molecule has 0 spiro atoms.